The Kier molecular flexibility index (Phi) is 4.83. The van der Waals surface area contributed by atoms with E-state index in [0.717, 1.165) is 55.8 Å². The molecule has 0 aromatic heterocycles. The summed E-state index contributed by atoms with van der Waals surface area (Å²) < 4.78 is 5.44. The minimum atomic E-state index is -0.891. The first-order valence-corrected chi connectivity index (χ1v) is 8.85. The highest BCUT2D eigenvalue weighted by Crippen LogP contribution is 2.41. The molecule has 1 fully saturated rings. The smallest absolute Gasteiger partial charge is 0.247 e. The van der Waals surface area contributed by atoms with Gasteiger partial charge in [-0.25, -0.2) is 0 Å². The van der Waals surface area contributed by atoms with Gasteiger partial charge in [-0.15, -0.1) is 0 Å². The number of hydrogen-bond donors (Lipinski definition) is 1. The maximum Gasteiger partial charge on any atom is 0.247 e. The van der Waals surface area contributed by atoms with E-state index in [9.17, 15) is 4.79 Å². The molecule has 132 valence electrons. The Morgan fingerprint density at radius 2 is 2.08 bits per heavy atom. The molecule has 0 saturated carbocycles. The number of rotatable bonds is 4. The normalized spacial score (nSPS) is 24.3. The van der Waals surface area contributed by atoms with Gasteiger partial charge in [-0.1, -0.05) is 12.1 Å². The topological polar surface area (TPSA) is 58.8 Å². The molecule has 1 aromatic rings. The van der Waals surface area contributed by atoms with Crippen molar-refractivity contribution in [3.05, 3.63) is 29.3 Å². The highest BCUT2D eigenvalue weighted by atomic mass is 16.5. The van der Waals surface area contributed by atoms with E-state index in [-0.39, 0.29) is 5.91 Å². The molecule has 5 nitrogen and oxygen atoms in total. The molecule has 1 aliphatic carbocycles. The number of benzene rings is 1. The standard InChI is InChI=1S/C19H29N3O2/c1-21(2)13-14-8-11-22(12-9-14)18(23)19(20)10-7-15-16(19)5-4-6-17(15)24-3/h4-6,14H,7-13,20H2,1-3H3. The van der Waals surface area contributed by atoms with E-state index in [1.54, 1.807) is 7.11 Å². The van der Waals surface area contributed by atoms with Crippen LogP contribution >= 0.6 is 0 Å². The van der Waals surface area contributed by atoms with Crippen LogP contribution in [0.2, 0.25) is 0 Å². The van der Waals surface area contributed by atoms with Gasteiger partial charge in [0.25, 0.3) is 0 Å². The molecule has 24 heavy (non-hydrogen) atoms. The Morgan fingerprint density at radius 3 is 2.71 bits per heavy atom. The van der Waals surface area contributed by atoms with Gasteiger partial charge in [0, 0.05) is 19.6 Å². The maximum absolute atomic E-state index is 13.2. The number of methoxy groups -OCH3 is 1. The highest BCUT2D eigenvalue weighted by Gasteiger charge is 2.45. The van der Waals surface area contributed by atoms with Crippen LogP contribution in [0.25, 0.3) is 0 Å². The average Bonchev–Trinajstić information content (AvgIpc) is 2.93. The number of nitrogens with zero attached hydrogens (tertiary/aromatic N) is 2. The van der Waals surface area contributed by atoms with Gasteiger partial charge in [0.05, 0.1) is 7.11 Å². The fraction of sp³-hybridized carbons (Fsp3) is 0.632. The van der Waals surface area contributed by atoms with Gasteiger partial charge in [0.15, 0.2) is 0 Å². The summed E-state index contributed by atoms with van der Waals surface area (Å²) in [5.41, 5.74) is 7.78. The molecule has 1 atom stereocenters. The molecule has 3 rings (SSSR count). The molecule has 1 saturated heterocycles. The van der Waals surface area contributed by atoms with Crippen LogP contribution in [-0.2, 0) is 16.8 Å². The van der Waals surface area contributed by atoms with Crippen LogP contribution in [0, 0.1) is 5.92 Å². The van der Waals surface area contributed by atoms with E-state index in [2.05, 4.69) is 19.0 Å². The minimum Gasteiger partial charge on any atom is -0.496 e. The zero-order valence-corrected chi connectivity index (χ0v) is 15.0. The number of carbonyl (C=O) groups excluding carboxylic acids is 1. The van der Waals surface area contributed by atoms with Crippen LogP contribution in [0.15, 0.2) is 18.2 Å². The van der Waals surface area contributed by atoms with Gasteiger partial charge in [0.2, 0.25) is 5.91 Å². The summed E-state index contributed by atoms with van der Waals surface area (Å²) in [6.45, 7) is 2.72. The molecule has 0 bridgehead atoms. The predicted octanol–water partition coefficient (Wildman–Crippen LogP) is 1.60. The van der Waals surface area contributed by atoms with Crippen molar-refractivity contribution < 1.29 is 9.53 Å². The summed E-state index contributed by atoms with van der Waals surface area (Å²) in [6.07, 6.45) is 3.59. The Bertz CT molecular complexity index is 609. The Labute approximate surface area is 144 Å². The Balaban J connectivity index is 1.73. The number of piperidine rings is 1. The van der Waals surface area contributed by atoms with Crippen LogP contribution in [0.5, 0.6) is 5.75 Å². The molecule has 2 N–H and O–H groups in total. The lowest BCUT2D eigenvalue weighted by atomic mass is 9.89. The van der Waals surface area contributed by atoms with E-state index in [4.69, 9.17) is 10.5 Å². The number of amides is 1. The van der Waals surface area contributed by atoms with Crippen molar-refractivity contribution in [3.63, 3.8) is 0 Å². The third-order valence-corrected chi connectivity index (χ3v) is 5.51. The van der Waals surface area contributed by atoms with Gasteiger partial charge in [-0.3, -0.25) is 4.79 Å². The number of likely N-dealkylation sites (tertiary alicyclic amines) is 1. The number of hydrogen-bond acceptors (Lipinski definition) is 4. The maximum atomic E-state index is 13.2. The summed E-state index contributed by atoms with van der Waals surface area (Å²) in [7, 11) is 5.88. The summed E-state index contributed by atoms with van der Waals surface area (Å²) in [4.78, 5) is 17.4. The van der Waals surface area contributed by atoms with Crippen molar-refractivity contribution in [1.29, 1.82) is 0 Å². The molecule has 0 radical (unpaired) electrons. The molecule has 1 aromatic carbocycles. The van der Waals surface area contributed by atoms with Crippen molar-refractivity contribution >= 4 is 5.91 Å². The van der Waals surface area contributed by atoms with E-state index in [1.165, 1.54) is 0 Å². The van der Waals surface area contributed by atoms with Crippen LogP contribution < -0.4 is 10.5 Å². The molecule has 1 aliphatic heterocycles. The van der Waals surface area contributed by atoms with Crippen molar-refractivity contribution in [2.75, 3.05) is 40.8 Å². The first-order chi connectivity index (χ1) is 11.5. The van der Waals surface area contributed by atoms with E-state index in [0.29, 0.717) is 12.3 Å². The Morgan fingerprint density at radius 1 is 1.38 bits per heavy atom. The molecular weight excluding hydrogens is 302 g/mol. The van der Waals surface area contributed by atoms with Crippen molar-refractivity contribution in [1.82, 2.24) is 9.80 Å². The van der Waals surface area contributed by atoms with Gasteiger partial charge in [-0.05, 0) is 62.9 Å². The molecular formula is C19H29N3O2. The first-order valence-electron chi connectivity index (χ1n) is 8.85. The number of nitrogens with two attached hydrogens (primary N) is 1. The Hall–Kier alpha value is -1.59. The largest absolute Gasteiger partial charge is 0.496 e. The van der Waals surface area contributed by atoms with Crippen LogP contribution in [0.1, 0.15) is 30.4 Å². The van der Waals surface area contributed by atoms with Gasteiger partial charge < -0.3 is 20.3 Å². The van der Waals surface area contributed by atoms with E-state index < -0.39 is 5.54 Å². The fourth-order valence-electron chi connectivity index (χ4n) is 4.23. The minimum absolute atomic E-state index is 0.0813. The zero-order valence-electron chi connectivity index (χ0n) is 15.0. The second-order valence-electron chi connectivity index (χ2n) is 7.46. The third-order valence-electron chi connectivity index (χ3n) is 5.51. The van der Waals surface area contributed by atoms with Crippen molar-refractivity contribution in [3.8, 4) is 5.75 Å². The summed E-state index contributed by atoms with van der Waals surface area (Å²) in [5.74, 6) is 1.60. The SMILES string of the molecule is COc1cccc2c1CCC2(N)C(=O)N1CCC(CN(C)C)CC1. The van der Waals surface area contributed by atoms with Crippen molar-refractivity contribution in [2.24, 2.45) is 11.7 Å². The molecule has 1 heterocycles. The monoisotopic (exact) mass is 331 g/mol. The number of carbonyl (C=O) groups is 1. The van der Waals surface area contributed by atoms with E-state index >= 15 is 0 Å². The average molecular weight is 331 g/mol. The summed E-state index contributed by atoms with van der Waals surface area (Å²) >= 11 is 0. The second-order valence-corrected chi connectivity index (χ2v) is 7.46. The lowest BCUT2D eigenvalue weighted by molar-refractivity contribution is -0.138. The molecule has 0 spiro atoms. The van der Waals surface area contributed by atoms with Gasteiger partial charge in [-0.2, -0.15) is 0 Å². The number of ether oxygens (including phenoxy) is 1. The van der Waals surface area contributed by atoms with Crippen LogP contribution in [0.3, 0.4) is 0 Å². The van der Waals surface area contributed by atoms with Crippen LogP contribution in [0.4, 0.5) is 0 Å². The highest BCUT2D eigenvalue weighted by molar-refractivity contribution is 5.89. The lowest BCUT2D eigenvalue weighted by Gasteiger charge is -2.37. The lowest BCUT2D eigenvalue weighted by Crippen LogP contribution is -2.54. The van der Waals surface area contributed by atoms with Gasteiger partial charge in [0.1, 0.15) is 11.3 Å². The molecule has 1 amide bonds. The second kappa shape index (κ2) is 6.73. The molecule has 2 aliphatic rings. The van der Waals surface area contributed by atoms with Crippen molar-refractivity contribution in [2.45, 2.75) is 31.2 Å². The molecule has 5 heteroatoms. The molecule has 1 unspecified atom stereocenters. The van der Waals surface area contributed by atoms with Gasteiger partial charge >= 0.3 is 0 Å². The summed E-state index contributed by atoms with van der Waals surface area (Å²) in [6, 6.07) is 5.87. The zero-order chi connectivity index (χ0) is 17.3. The summed E-state index contributed by atoms with van der Waals surface area (Å²) in [5, 5.41) is 0. The van der Waals surface area contributed by atoms with E-state index in [1.807, 2.05) is 23.1 Å². The fourth-order valence-corrected chi connectivity index (χ4v) is 4.23. The quantitative estimate of drug-likeness (QED) is 0.910. The number of fused-ring (bicyclic) bond motifs is 1. The predicted molar refractivity (Wildman–Crippen MR) is 95.0 cm³/mol. The van der Waals surface area contributed by atoms with Crippen LogP contribution in [-0.4, -0.2) is 56.5 Å². The third kappa shape index (κ3) is 3.03. The first kappa shape index (κ1) is 17.2.